The van der Waals surface area contributed by atoms with Crippen LogP contribution in [0.25, 0.3) is 0 Å². The zero-order valence-electron chi connectivity index (χ0n) is 14.5. The summed E-state index contributed by atoms with van der Waals surface area (Å²) in [4.78, 5) is 0. The van der Waals surface area contributed by atoms with Gasteiger partial charge in [0.05, 0.1) is 5.60 Å². The highest BCUT2D eigenvalue weighted by atomic mass is 16.3. The van der Waals surface area contributed by atoms with Crippen molar-refractivity contribution < 1.29 is 5.11 Å². The maximum atomic E-state index is 10.8. The van der Waals surface area contributed by atoms with Crippen molar-refractivity contribution in [2.45, 2.75) is 91.1 Å². The van der Waals surface area contributed by atoms with Gasteiger partial charge in [-0.2, -0.15) is 0 Å². The molecule has 1 nitrogen and oxygen atoms in total. The lowest BCUT2D eigenvalue weighted by Crippen LogP contribution is -2.58. The molecule has 1 N–H and O–H groups in total. The summed E-state index contributed by atoms with van der Waals surface area (Å²) in [5.41, 5.74) is 1.27. The average Bonchev–Trinajstić information content (AvgIpc) is 2.72. The van der Waals surface area contributed by atoms with E-state index >= 15 is 0 Å². The highest BCUT2D eigenvalue weighted by Gasteiger charge is 2.68. The first kappa shape index (κ1) is 14.5. The molecule has 0 aromatic carbocycles. The first-order valence-electron chi connectivity index (χ1n) is 9.44. The van der Waals surface area contributed by atoms with E-state index in [0.29, 0.717) is 22.2 Å². The zero-order valence-corrected chi connectivity index (χ0v) is 14.5. The van der Waals surface area contributed by atoms with E-state index < -0.39 is 0 Å². The molecule has 0 aliphatic heterocycles. The summed E-state index contributed by atoms with van der Waals surface area (Å²) in [7, 11) is 0. The first-order chi connectivity index (χ1) is 9.71. The van der Waals surface area contributed by atoms with Crippen LogP contribution in [0.1, 0.15) is 85.5 Å². The molecule has 0 unspecified atom stereocenters. The van der Waals surface area contributed by atoms with Crippen molar-refractivity contribution in [2.24, 2.45) is 34.0 Å². The third kappa shape index (κ3) is 1.68. The van der Waals surface area contributed by atoms with Crippen LogP contribution in [0.4, 0.5) is 0 Å². The van der Waals surface area contributed by atoms with Crippen LogP contribution in [-0.4, -0.2) is 10.7 Å². The molecule has 0 saturated heterocycles. The first-order valence-corrected chi connectivity index (χ1v) is 9.44. The van der Waals surface area contributed by atoms with Crippen LogP contribution in [0, 0.1) is 34.0 Å². The normalized spacial score (nSPS) is 58.4. The second-order valence-corrected chi connectivity index (χ2v) is 10.2. The van der Waals surface area contributed by atoms with E-state index in [1.54, 1.807) is 0 Å². The molecule has 4 saturated carbocycles. The Kier molecular flexibility index (Phi) is 2.82. The minimum absolute atomic E-state index is 0.376. The zero-order chi connectivity index (χ0) is 15.1. The molecule has 0 aromatic heterocycles. The second kappa shape index (κ2) is 4.08. The van der Waals surface area contributed by atoms with Gasteiger partial charge in [-0.1, -0.05) is 27.2 Å². The predicted octanol–water partition coefficient (Wildman–Crippen LogP) is 5.17. The Bertz CT molecular complexity index is 451. The van der Waals surface area contributed by atoms with Gasteiger partial charge in [0.2, 0.25) is 0 Å². The minimum Gasteiger partial charge on any atom is -0.390 e. The molecule has 0 heterocycles. The van der Waals surface area contributed by atoms with Gasteiger partial charge in [0.1, 0.15) is 0 Å². The molecule has 4 aliphatic carbocycles. The van der Waals surface area contributed by atoms with Crippen molar-refractivity contribution in [1.29, 1.82) is 0 Å². The molecule has 4 rings (SSSR count). The molecule has 2 bridgehead atoms. The Morgan fingerprint density at radius 3 is 2.38 bits per heavy atom. The molecule has 6 atom stereocenters. The number of hydrogen-bond donors (Lipinski definition) is 1. The summed E-state index contributed by atoms with van der Waals surface area (Å²) in [5, 5.41) is 10.8. The van der Waals surface area contributed by atoms with E-state index in [1.807, 2.05) is 0 Å². The molecule has 21 heavy (non-hydrogen) atoms. The van der Waals surface area contributed by atoms with Crippen molar-refractivity contribution >= 4 is 0 Å². The fourth-order valence-electron chi connectivity index (χ4n) is 7.89. The Balaban J connectivity index is 1.77. The molecular weight excluding hydrogens is 256 g/mol. The van der Waals surface area contributed by atoms with E-state index in [1.165, 1.54) is 51.4 Å². The molecule has 0 radical (unpaired) electrons. The molecule has 0 aromatic rings. The van der Waals surface area contributed by atoms with E-state index in [9.17, 15) is 5.11 Å². The van der Waals surface area contributed by atoms with Crippen LogP contribution in [0.15, 0.2) is 0 Å². The molecular formula is C20H34O. The lowest BCUT2D eigenvalue weighted by Gasteiger charge is -2.65. The molecule has 4 fully saturated rings. The van der Waals surface area contributed by atoms with Crippen LogP contribution >= 0.6 is 0 Å². The number of fused-ring (bicyclic) bond motifs is 2. The van der Waals surface area contributed by atoms with E-state index in [4.69, 9.17) is 0 Å². The highest BCUT2D eigenvalue weighted by Crippen LogP contribution is 2.75. The Labute approximate surface area is 130 Å². The fraction of sp³-hybridized carbons (Fsp3) is 1.00. The van der Waals surface area contributed by atoms with Crippen LogP contribution in [0.2, 0.25) is 0 Å². The van der Waals surface area contributed by atoms with Crippen LogP contribution < -0.4 is 0 Å². The van der Waals surface area contributed by atoms with Crippen LogP contribution in [-0.2, 0) is 0 Å². The van der Waals surface area contributed by atoms with Crippen molar-refractivity contribution in [3.8, 4) is 0 Å². The SMILES string of the molecule is CC1(C)CCC[C@@]2(C)[C@H]1CC[C@H]1C[C@H]3C[C@]12CC[C@]3(C)O. The molecule has 1 heteroatoms. The van der Waals surface area contributed by atoms with Crippen molar-refractivity contribution in [1.82, 2.24) is 0 Å². The van der Waals surface area contributed by atoms with Gasteiger partial charge < -0.3 is 5.11 Å². The van der Waals surface area contributed by atoms with Gasteiger partial charge >= 0.3 is 0 Å². The summed E-state index contributed by atoms with van der Waals surface area (Å²) < 4.78 is 0. The van der Waals surface area contributed by atoms with Crippen molar-refractivity contribution in [3.63, 3.8) is 0 Å². The number of rotatable bonds is 0. The smallest absolute Gasteiger partial charge is 0.0648 e. The summed E-state index contributed by atoms with van der Waals surface area (Å²) >= 11 is 0. The third-order valence-electron chi connectivity index (χ3n) is 9.09. The van der Waals surface area contributed by atoms with Crippen LogP contribution in [0.5, 0.6) is 0 Å². The maximum absolute atomic E-state index is 10.8. The highest BCUT2D eigenvalue weighted by molar-refractivity contribution is 5.17. The van der Waals surface area contributed by atoms with Gasteiger partial charge in [0.25, 0.3) is 0 Å². The topological polar surface area (TPSA) is 20.2 Å². The summed E-state index contributed by atoms with van der Waals surface area (Å²) in [6.45, 7) is 9.86. The Morgan fingerprint density at radius 1 is 0.857 bits per heavy atom. The van der Waals surface area contributed by atoms with Gasteiger partial charge in [-0.3, -0.25) is 0 Å². The van der Waals surface area contributed by atoms with Gasteiger partial charge in [-0.05, 0) is 92.3 Å². The molecule has 0 amide bonds. The molecule has 4 aliphatic rings. The second-order valence-electron chi connectivity index (χ2n) is 10.2. The maximum Gasteiger partial charge on any atom is 0.0648 e. The molecule has 120 valence electrons. The predicted molar refractivity (Wildman–Crippen MR) is 87.0 cm³/mol. The lowest BCUT2D eigenvalue weighted by molar-refractivity contribution is -0.171. The lowest BCUT2D eigenvalue weighted by atomic mass is 9.40. The van der Waals surface area contributed by atoms with Gasteiger partial charge in [-0.15, -0.1) is 0 Å². The number of aliphatic hydroxyl groups is 1. The molecule has 1 spiro atoms. The average molecular weight is 290 g/mol. The van der Waals surface area contributed by atoms with E-state index in [2.05, 4.69) is 27.7 Å². The largest absolute Gasteiger partial charge is 0.390 e. The summed E-state index contributed by atoms with van der Waals surface area (Å²) in [6.07, 6.45) is 12.2. The minimum atomic E-state index is -0.376. The fourth-order valence-corrected chi connectivity index (χ4v) is 7.89. The van der Waals surface area contributed by atoms with Gasteiger partial charge in [0.15, 0.2) is 0 Å². The number of hydrogen-bond acceptors (Lipinski definition) is 1. The summed E-state index contributed by atoms with van der Waals surface area (Å²) in [6, 6.07) is 0. The van der Waals surface area contributed by atoms with E-state index in [0.717, 1.165) is 18.3 Å². The van der Waals surface area contributed by atoms with Gasteiger partial charge in [0, 0.05) is 0 Å². The van der Waals surface area contributed by atoms with Crippen LogP contribution in [0.3, 0.4) is 0 Å². The van der Waals surface area contributed by atoms with E-state index in [-0.39, 0.29) is 5.60 Å². The van der Waals surface area contributed by atoms with Gasteiger partial charge in [-0.25, -0.2) is 0 Å². The van der Waals surface area contributed by atoms with Crippen molar-refractivity contribution in [2.75, 3.05) is 0 Å². The Morgan fingerprint density at radius 2 is 1.62 bits per heavy atom. The quantitative estimate of drug-likeness (QED) is 0.652. The summed E-state index contributed by atoms with van der Waals surface area (Å²) in [5.74, 6) is 2.40. The third-order valence-corrected chi connectivity index (χ3v) is 9.09. The monoisotopic (exact) mass is 290 g/mol. The standard InChI is InChI=1S/C20H34O/c1-17(2)8-5-9-18(3)16(17)7-6-14-12-15-13-20(14,18)11-10-19(15,4)21/h14-16,21H,5-13H2,1-4H3/t14-,15-,16-,18-,19-,20+/m0/s1. The van der Waals surface area contributed by atoms with Crippen molar-refractivity contribution in [3.05, 3.63) is 0 Å². The Hall–Kier alpha value is -0.0400.